The molecule has 2 unspecified atom stereocenters. The molecule has 0 aliphatic rings. The Balaban J connectivity index is 2.14. The third kappa shape index (κ3) is 3.13. The van der Waals surface area contributed by atoms with Gasteiger partial charge in [-0.1, -0.05) is 12.1 Å². The molecule has 0 saturated heterocycles. The molecule has 2 N–H and O–H groups in total. The van der Waals surface area contributed by atoms with Crippen molar-refractivity contribution in [2.24, 2.45) is 5.92 Å². The van der Waals surface area contributed by atoms with E-state index in [1.165, 1.54) is 11.5 Å². The molecule has 0 bridgehead atoms. The Hall–Kier alpha value is -2.57. The van der Waals surface area contributed by atoms with E-state index >= 15 is 0 Å². The number of amides is 1. The standard InChI is InChI=1S/C14H16N2O5/c1-8(13(18)19)9(2)15-12(17)7-16-10-5-3-4-6-11(10)21-14(16)20/h3-6,8-9H,7H2,1-2H3,(H,15,17)(H,18,19). The van der Waals surface area contributed by atoms with Gasteiger partial charge >= 0.3 is 11.7 Å². The first-order chi connectivity index (χ1) is 9.90. The highest BCUT2D eigenvalue weighted by Gasteiger charge is 2.21. The average Bonchev–Trinajstić information content (AvgIpc) is 2.74. The van der Waals surface area contributed by atoms with E-state index in [9.17, 15) is 14.4 Å². The quantitative estimate of drug-likeness (QED) is 0.849. The number of hydrogen-bond donors (Lipinski definition) is 2. The van der Waals surface area contributed by atoms with Crippen LogP contribution in [-0.4, -0.2) is 27.6 Å². The zero-order valence-corrected chi connectivity index (χ0v) is 11.7. The highest BCUT2D eigenvalue weighted by molar-refractivity contribution is 5.80. The number of nitrogens with one attached hydrogen (secondary N) is 1. The fraction of sp³-hybridized carbons (Fsp3) is 0.357. The molecule has 2 atom stereocenters. The molecule has 1 aromatic carbocycles. The second-order valence-electron chi connectivity index (χ2n) is 4.90. The predicted octanol–water partition coefficient (Wildman–Crippen LogP) is 0.820. The maximum atomic E-state index is 11.9. The number of aromatic nitrogens is 1. The summed E-state index contributed by atoms with van der Waals surface area (Å²) in [6, 6.07) is 6.24. The fourth-order valence-electron chi connectivity index (χ4n) is 1.95. The number of para-hydroxylation sites is 2. The molecule has 1 amide bonds. The van der Waals surface area contributed by atoms with Crippen LogP contribution in [0.3, 0.4) is 0 Å². The van der Waals surface area contributed by atoms with Crippen LogP contribution in [0.4, 0.5) is 0 Å². The van der Waals surface area contributed by atoms with Gasteiger partial charge in [0.1, 0.15) is 6.54 Å². The molecular weight excluding hydrogens is 276 g/mol. The van der Waals surface area contributed by atoms with Gasteiger partial charge in [-0.15, -0.1) is 0 Å². The van der Waals surface area contributed by atoms with Crippen molar-refractivity contribution in [3.8, 4) is 0 Å². The monoisotopic (exact) mass is 292 g/mol. The SMILES string of the molecule is CC(NC(=O)Cn1c(=O)oc2ccccc21)C(C)C(=O)O. The van der Waals surface area contributed by atoms with E-state index in [2.05, 4.69) is 5.32 Å². The Kier molecular flexibility index (Phi) is 4.11. The van der Waals surface area contributed by atoms with Gasteiger partial charge in [0.15, 0.2) is 5.58 Å². The third-order valence-electron chi connectivity index (χ3n) is 3.40. The van der Waals surface area contributed by atoms with Crippen molar-refractivity contribution in [2.75, 3.05) is 0 Å². The molecule has 0 radical (unpaired) electrons. The second kappa shape index (κ2) is 5.82. The van der Waals surface area contributed by atoms with Crippen molar-refractivity contribution in [3.63, 3.8) is 0 Å². The van der Waals surface area contributed by atoms with Crippen LogP contribution in [0.2, 0.25) is 0 Å². The highest BCUT2D eigenvalue weighted by atomic mass is 16.4. The van der Waals surface area contributed by atoms with Crippen LogP contribution in [0.5, 0.6) is 0 Å². The lowest BCUT2D eigenvalue weighted by molar-refractivity contribution is -0.142. The lowest BCUT2D eigenvalue weighted by Gasteiger charge is -2.17. The minimum atomic E-state index is -0.992. The number of hydrogen-bond acceptors (Lipinski definition) is 4. The number of fused-ring (bicyclic) bond motifs is 1. The van der Waals surface area contributed by atoms with Crippen molar-refractivity contribution in [3.05, 3.63) is 34.8 Å². The van der Waals surface area contributed by atoms with Crippen LogP contribution in [0.15, 0.2) is 33.5 Å². The zero-order valence-electron chi connectivity index (χ0n) is 11.7. The van der Waals surface area contributed by atoms with Crippen molar-refractivity contribution in [2.45, 2.75) is 26.4 Å². The molecule has 0 spiro atoms. The first-order valence-corrected chi connectivity index (χ1v) is 6.50. The maximum Gasteiger partial charge on any atom is 0.420 e. The van der Waals surface area contributed by atoms with Gasteiger partial charge in [-0.05, 0) is 26.0 Å². The number of nitrogens with zero attached hydrogens (tertiary/aromatic N) is 1. The van der Waals surface area contributed by atoms with Gasteiger partial charge in [0, 0.05) is 6.04 Å². The van der Waals surface area contributed by atoms with E-state index in [0.717, 1.165) is 0 Å². The van der Waals surface area contributed by atoms with Crippen LogP contribution < -0.4 is 11.1 Å². The van der Waals surface area contributed by atoms with E-state index in [1.54, 1.807) is 31.2 Å². The number of aliphatic carboxylic acids is 1. The first-order valence-electron chi connectivity index (χ1n) is 6.50. The van der Waals surface area contributed by atoms with Crippen molar-refractivity contribution < 1.29 is 19.1 Å². The van der Waals surface area contributed by atoms with E-state index in [4.69, 9.17) is 9.52 Å². The summed E-state index contributed by atoms with van der Waals surface area (Å²) in [6.07, 6.45) is 0. The van der Waals surface area contributed by atoms with E-state index < -0.39 is 29.6 Å². The number of carboxylic acids is 1. The molecule has 7 nitrogen and oxygen atoms in total. The summed E-state index contributed by atoms with van der Waals surface area (Å²) in [4.78, 5) is 34.5. The zero-order chi connectivity index (χ0) is 15.6. The van der Waals surface area contributed by atoms with Gasteiger partial charge in [0.05, 0.1) is 11.4 Å². The van der Waals surface area contributed by atoms with Crippen molar-refractivity contribution in [1.82, 2.24) is 9.88 Å². The molecule has 2 aromatic rings. The van der Waals surface area contributed by atoms with Gasteiger partial charge < -0.3 is 14.8 Å². The number of carbonyl (C=O) groups excluding carboxylic acids is 1. The molecule has 0 aliphatic heterocycles. The Morgan fingerprint density at radius 3 is 2.67 bits per heavy atom. The molecule has 21 heavy (non-hydrogen) atoms. The summed E-state index contributed by atoms with van der Waals surface area (Å²) < 4.78 is 6.23. The summed E-state index contributed by atoms with van der Waals surface area (Å²) in [7, 11) is 0. The van der Waals surface area contributed by atoms with Crippen molar-refractivity contribution in [1.29, 1.82) is 0 Å². The summed E-state index contributed by atoms with van der Waals surface area (Å²) >= 11 is 0. The van der Waals surface area contributed by atoms with E-state index in [-0.39, 0.29) is 6.54 Å². The largest absolute Gasteiger partial charge is 0.481 e. The minimum Gasteiger partial charge on any atom is -0.481 e. The number of carbonyl (C=O) groups is 2. The van der Waals surface area contributed by atoms with Crippen molar-refractivity contribution >= 4 is 23.0 Å². The molecule has 2 rings (SSSR count). The summed E-state index contributed by atoms with van der Waals surface area (Å²) in [5, 5.41) is 11.5. The molecule has 0 saturated carbocycles. The Morgan fingerprint density at radius 2 is 2.00 bits per heavy atom. The second-order valence-corrected chi connectivity index (χ2v) is 4.90. The van der Waals surface area contributed by atoms with Crippen LogP contribution in [0.1, 0.15) is 13.8 Å². The van der Waals surface area contributed by atoms with Crippen LogP contribution in [0, 0.1) is 5.92 Å². The van der Waals surface area contributed by atoms with Crippen LogP contribution >= 0.6 is 0 Å². The molecule has 1 aromatic heterocycles. The lowest BCUT2D eigenvalue weighted by Crippen LogP contribution is -2.42. The third-order valence-corrected chi connectivity index (χ3v) is 3.40. The number of oxazole rings is 1. The van der Waals surface area contributed by atoms with Gasteiger partial charge in [-0.3, -0.25) is 14.2 Å². The van der Waals surface area contributed by atoms with E-state index in [1.807, 2.05) is 0 Å². The number of carboxylic acid groups (broad SMARTS) is 1. The van der Waals surface area contributed by atoms with E-state index in [0.29, 0.717) is 11.1 Å². The van der Waals surface area contributed by atoms with Gasteiger partial charge in [-0.2, -0.15) is 0 Å². The molecule has 0 aliphatic carbocycles. The smallest absolute Gasteiger partial charge is 0.420 e. The van der Waals surface area contributed by atoms with Gasteiger partial charge in [0.25, 0.3) is 0 Å². The predicted molar refractivity (Wildman–Crippen MR) is 74.9 cm³/mol. The topological polar surface area (TPSA) is 102 Å². The minimum absolute atomic E-state index is 0.216. The molecule has 0 fully saturated rings. The Labute approximate surface area is 120 Å². The molecule has 112 valence electrons. The van der Waals surface area contributed by atoms with Crippen LogP contribution in [-0.2, 0) is 16.1 Å². The highest BCUT2D eigenvalue weighted by Crippen LogP contribution is 2.11. The summed E-state index contributed by atoms with van der Waals surface area (Å²) in [5.74, 6) is -2.77. The molecule has 7 heteroatoms. The van der Waals surface area contributed by atoms with Gasteiger partial charge in [0.2, 0.25) is 5.91 Å². The Morgan fingerprint density at radius 1 is 1.33 bits per heavy atom. The fourth-order valence-corrected chi connectivity index (χ4v) is 1.95. The maximum absolute atomic E-state index is 11.9. The molecular formula is C14H16N2O5. The lowest BCUT2D eigenvalue weighted by atomic mass is 10.0. The number of benzene rings is 1. The number of rotatable bonds is 5. The average molecular weight is 292 g/mol. The first kappa shape index (κ1) is 14.8. The normalized spacial score (nSPS) is 13.8. The van der Waals surface area contributed by atoms with Crippen LogP contribution in [0.25, 0.3) is 11.1 Å². The Bertz CT molecular complexity index is 730. The summed E-state index contributed by atoms with van der Waals surface area (Å²) in [6.45, 7) is 2.90. The van der Waals surface area contributed by atoms with Gasteiger partial charge in [-0.25, -0.2) is 4.79 Å². The molecule has 1 heterocycles. The summed E-state index contributed by atoms with van der Waals surface area (Å²) in [5.41, 5.74) is 0.929.